The smallest absolute Gasteiger partial charge is 0.0458 e. The summed E-state index contributed by atoms with van der Waals surface area (Å²) in [6.45, 7) is 6.01. The van der Waals surface area contributed by atoms with Crippen molar-refractivity contribution in [1.29, 1.82) is 0 Å². The summed E-state index contributed by atoms with van der Waals surface area (Å²) in [5.41, 5.74) is 10.1. The number of anilines is 2. The van der Waals surface area contributed by atoms with E-state index in [1.54, 1.807) is 0 Å². The van der Waals surface area contributed by atoms with E-state index in [0.717, 1.165) is 41.5 Å². The first-order chi connectivity index (χ1) is 9.60. The molecule has 0 bridgehead atoms. The van der Waals surface area contributed by atoms with Crippen molar-refractivity contribution in [3.63, 3.8) is 0 Å². The van der Waals surface area contributed by atoms with Crippen LogP contribution in [0.15, 0.2) is 42.5 Å². The fourth-order valence-electron chi connectivity index (χ4n) is 2.28. The molecule has 0 aliphatic heterocycles. The lowest BCUT2D eigenvalue weighted by atomic mass is 10.1. The lowest BCUT2D eigenvalue weighted by molar-refractivity contribution is 0.767. The first kappa shape index (κ1) is 14.7. The van der Waals surface area contributed by atoms with Crippen LogP contribution in [0.5, 0.6) is 0 Å². The minimum Gasteiger partial charge on any atom is -0.399 e. The van der Waals surface area contributed by atoms with Gasteiger partial charge in [0.05, 0.1) is 0 Å². The van der Waals surface area contributed by atoms with E-state index in [9.17, 15) is 0 Å². The number of nitrogen functional groups attached to an aromatic ring is 1. The van der Waals surface area contributed by atoms with E-state index < -0.39 is 0 Å². The van der Waals surface area contributed by atoms with Crippen LogP contribution in [-0.4, -0.2) is 6.54 Å². The van der Waals surface area contributed by atoms with Crippen LogP contribution >= 0.6 is 11.6 Å². The summed E-state index contributed by atoms with van der Waals surface area (Å²) < 4.78 is 0. The molecule has 2 nitrogen and oxygen atoms in total. The minimum absolute atomic E-state index is 0.790. The van der Waals surface area contributed by atoms with Gasteiger partial charge in [-0.1, -0.05) is 36.7 Å². The molecule has 0 aromatic heterocycles. The van der Waals surface area contributed by atoms with Gasteiger partial charge in [0.15, 0.2) is 0 Å². The molecule has 2 N–H and O–H groups in total. The largest absolute Gasteiger partial charge is 0.399 e. The predicted molar refractivity (Wildman–Crippen MR) is 88.4 cm³/mol. The van der Waals surface area contributed by atoms with Gasteiger partial charge in [-0.15, -0.1) is 0 Å². The molecule has 3 heteroatoms. The number of rotatable bonds is 5. The molecule has 0 amide bonds. The van der Waals surface area contributed by atoms with E-state index in [1.807, 2.05) is 24.3 Å². The summed E-state index contributed by atoms with van der Waals surface area (Å²) in [5.74, 6) is 0. The number of aryl methyl sites for hydroxylation is 1. The molecule has 0 saturated carbocycles. The molecule has 0 heterocycles. The Balaban J connectivity index is 2.25. The standard InChI is InChI=1S/C17H21ClN2/c1-3-9-20(16-6-4-5-15(19)11-16)12-14-8-7-13(2)10-17(14)18/h4-8,10-11H,3,9,12,19H2,1-2H3. The topological polar surface area (TPSA) is 29.3 Å². The Kier molecular flexibility index (Phi) is 4.91. The van der Waals surface area contributed by atoms with Crippen molar-refractivity contribution in [3.8, 4) is 0 Å². The van der Waals surface area contributed by atoms with Gasteiger partial charge >= 0.3 is 0 Å². The first-order valence-corrected chi connectivity index (χ1v) is 7.33. The van der Waals surface area contributed by atoms with Gasteiger partial charge in [-0.2, -0.15) is 0 Å². The van der Waals surface area contributed by atoms with Crippen molar-refractivity contribution in [2.75, 3.05) is 17.2 Å². The first-order valence-electron chi connectivity index (χ1n) is 6.95. The summed E-state index contributed by atoms with van der Waals surface area (Å²) in [7, 11) is 0. The second kappa shape index (κ2) is 6.67. The third kappa shape index (κ3) is 3.67. The number of nitrogens with zero attached hydrogens (tertiary/aromatic N) is 1. The van der Waals surface area contributed by atoms with Crippen LogP contribution < -0.4 is 10.6 Å². The molecule has 0 aliphatic rings. The number of nitrogens with two attached hydrogens (primary N) is 1. The summed E-state index contributed by atoms with van der Waals surface area (Å²) in [6, 6.07) is 14.2. The van der Waals surface area contributed by atoms with Crippen LogP contribution in [-0.2, 0) is 6.54 Å². The second-order valence-corrected chi connectivity index (χ2v) is 5.52. The molecule has 0 radical (unpaired) electrons. The Morgan fingerprint density at radius 1 is 1.15 bits per heavy atom. The van der Waals surface area contributed by atoms with Crippen LogP contribution in [0, 0.1) is 6.92 Å². The van der Waals surface area contributed by atoms with E-state index in [0.29, 0.717) is 0 Å². The maximum atomic E-state index is 6.34. The zero-order valence-corrected chi connectivity index (χ0v) is 12.8. The van der Waals surface area contributed by atoms with E-state index in [1.165, 1.54) is 5.56 Å². The zero-order chi connectivity index (χ0) is 14.5. The van der Waals surface area contributed by atoms with Crippen molar-refractivity contribution in [1.82, 2.24) is 0 Å². The Hall–Kier alpha value is -1.67. The van der Waals surface area contributed by atoms with Crippen molar-refractivity contribution < 1.29 is 0 Å². The zero-order valence-electron chi connectivity index (χ0n) is 12.1. The van der Waals surface area contributed by atoms with Crippen molar-refractivity contribution in [3.05, 3.63) is 58.6 Å². The van der Waals surface area contributed by atoms with Crippen LogP contribution in [0.1, 0.15) is 24.5 Å². The molecule has 0 atom stereocenters. The number of benzene rings is 2. The van der Waals surface area contributed by atoms with E-state index >= 15 is 0 Å². The van der Waals surface area contributed by atoms with Crippen molar-refractivity contribution in [2.24, 2.45) is 0 Å². The highest BCUT2D eigenvalue weighted by molar-refractivity contribution is 6.31. The Bertz CT molecular complexity index is 581. The molecule has 0 saturated heterocycles. The van der Waals surface area contributed by atoms with Gasteiger partial charge in [-0.25, -0.2) is 0 Å². The fourth-order valence-corrected chi connectivity index (χ4v) is 2.57. The van der Waals surface area contributed by atoms with Gasteiger partial charge in [0.1, 0.15) is 0 Å². The van der Waals surface area contributed by atoms with Gasteiger partial charge in [0.25, 0.3) is 0 Å². The molecule has 0 fully saturated rings. The lowest BCUT2D eigenvalue weighted by Crippen LogP contribution is -2.23. The Morgan fingerprint density at radius 3 is 2.60 bits per heavy atom. The Morgan fingerprint density at radius 2 is 1.95 bits per heavy atom. The number of halogens is 1. The third-order valence-electron chi connectivity index (χ3n) is 3.30. The SMILES string of the molecule is CCCN(Cc1ccc(C)cc1Cl)c1cccc(N)c1. The second-order valence-electron chi connectivity index (χ2n) is 5.11. The summed E-state index contributed by atoms with van der Waals surface area (Å²) in [5, 5.41) is 0.829. The molecule has 0 unspecified atom stereocenters. The van der Waals surface area contributed by atoms with Crippen LogP contribution in [0.2, 0.25) is 5.02 Å². The van der Waals surface area contributed by atoms with Gasteiger partial charge < -0.3 is 10.6 Å². The van der Waals surface area contributed by atoms with Crippen LogP contribution in [0.25, 0.3) is 0 Å². The minimum atomic E-state index is 0.790. The normalized spacial score (nSPS) is 10.6. The Labute approximate surface area is 126 Å². The third-order valence-corrected chi connectivity index (χ3v) is 3.65. The molecule has 2 aromatic carbocycles. The lowest BCUT2D eigenvalue weighted by Gasteiger charge is -2.25. The fraction of sp³-hybridized carbons (Fsp3) is 0.294. The van der Waals surface area contributed by atoms with Gasteiger partial charge in [-0.05, 0) is 48.7 Å². The summed E-state index contributed by atoms with van der Waals surface area (Å²) in [4.78, 5) is 2.31. The van der Waals surface area contributed by atoms with E-state index in [-0.39, 0.29) is 0 Å². The molecular weight excluding hydrogens is 268 g/mol. The average Bonchev–Trinajstić information content (AvgIpc) is 2.41. The van der Waals surface area contributed by atoms with E-state index in [2.05, 4.69) is 36.9 Å². The highest BCUT2D eigenvalue weighted by Crippen LogP contribution is 2.24. The van der Waals surface area contributed by atoms with Crippen LogP contribution in [0.3, 0.4) is 0 Å². The highest BCUT2D eigenvalue weighted by Gasteiger charge is 2.09. The highest BCUT2D eigenvalue weighted by atomic mass is 35.5. The quantitative estimate of drug-likeness (QED) is 0.812. The summed E-state index contributed by atoms with van der Waals surface area (Å²) >= 11 is 6.34. The predicted octanol–water partition coefficient (Wildman–Crippen LogP) is 4.65. The number of hydrogen-bond donors (Lipinski definition) is 1. The molecule has 2 aromatic rings. The maximum absolute atomic E-state index is 6.34. The van der Waals surface area contributed by atoms with Gasteiger partial charge in [0.2, 0.25) is 0 Å². The van der Waals surface area contributed by atoms with Gasteiger partial charge in [-0.3, -0.25) is 0 Å². The monoisotopic (exact) mass is 288 g/mol. The molecule has 106 valence electrons. The summed E-state index contributed by atoms with van der Waals surface area (Å²) in [6.07, 6.45) is 1.08. The molecular formula is C17H21ClN2. The maximum Gasteiger partial charge on any atom is 0.0458 e. The van der Waals surface area contributed by atoms with Crippen molar-refractivity contribution >= 4 is 23.0 Å². The number of hydrogen-bond acceptors (Lipinski definition) is 2. The molecule has 0 aliphatic carbocycles. The van der Waals surface area contributed by atoms with E-state index in [4.69, 9.17) is 17.3 Å². The van der Waals surface area contributed by atoms with Crippen molar-refractivity contribution in [2.45, 2.75) is 26.8 Å². The molecule has 2 rings (SSSR count). The van der Waals surface area contributed by atoms with Crippen LogP contribution in [0.4, 0.5) is 11.4 Å². The molecule has 20 heavy (non-hydrogen) atoms. The van der Waals surface area contributed by atoms with Gasteiger partial charge in [0, 0.05) is 29.5 Å². The average molecular weight is 289 g/mol. The molecule has 0 spiro atoms.